The Balaban J connectivity index is 0.000000157. The van der Waals surface area contributed by atoms with Crippen LogP contribution >= 0.6 is 0 Å². The lowest BCUT2D eigenvalue weighted by Crippen LogP contribution is -2.08. The Hall–Kier alpha value is -11.1. The summed E-state index contributed by atoms with van der Waals surface area (Å²) in [6.45, 7) is 0.858. The number of H-pyrrole nitrogens is 3. The highest BCUT2D eigenvalue weighted by molar-refractivity contribution is 6.02. The van der Waals surface area contributed by atoms with E-state index in [0.29, 0.717) is 44.7 Å². The Morgan fingerprint density at radius 3 is 1.11 bits per heavy atom. The largest absolute Gasteiger partial charge is 0.507 e. The molecule has 0 aliphatic heterocycles. The summed E-state index contributed by atoms with van der Waals surface area (Å²) in [5.41, 5.74) is 0.386. The topological polar surface area (TPSA) is 144 Å². The number of nitrogens with zero attached hydrogens (tertiary/aromatic N) is 3. The van der Waals surface area contributed by atoms with E-state index >= 15 is 0 Å². The smallest absolute Gasteiger partial charge is 0.417 e. The number of hydrogen-bond donors (Lipinski definition) is 5. The van der Waals surface area contributed by atoms with Gasteiger partial charge in [-0.15, -0.1) is 0 Å². The van der Waals surface area contributed by atoms with Crippen molar-refractivity contribution in [3.8, 4) is 39.1 Å². The number of imidazole rings is 3. The van der Waals surface area contributed by atoms with E-state index in [0.717, 1.165) is 48.5 Å². The lowest BCUT2D eigenvalue weighted by atomic mass is 9.93. The number of fused-ring (bicyclic) bond motifs is 3. The molecule has 490 valence electrons. The third kappa shape index (κ3) is 15.9. The molecular weight excluding hydrogens is 1290 g/mol. The summed E-state index contributed by atoms with van der Waals surface area (Å²) in [5.74, 6) is -0.0324. The van der Waals surface area contributed by atoms with Gasteiger partial charge < -0.3 is 25.2 Å². The zero-order valence-electron chi connectivity index (χ0n) is 49.2. The number of carbonyl (C=O) groups is 1. The fraction of sp³-hybridized carbons (Fsp3) is 0.0986. The molecule has 0 saturated heterocycles. The molecular formula is C71H46F16N6O3. The van der Waals surface area contributed by atoms with Crippen molar-refractivity contribution in [1.82, 2.24) is 29.9 Å². The standard InChI is InChI=1S/C25H16F6N2O.C24H16F6N2O.C22H14F4N2O/c1-14(34)17-4-2-3-5-18(17)19-12-21-22(13-20(19)25(29,30)31)33-23(32-21)11-8-15-6-9-16(10-7-15)24(26,27)28;25-23(26,27)16-8-5-14(6-9-16)7-10-22-31-20-11-18(17-4-2-1-3-15(17)13-33)19(24(28,29)30)12-21(20)32-22;23-17-12-19-18(11-16(17)15-3-1-2-4-20(15)29)27-21(28-19)10-7-13-5-8-14(9-6-13)22(24,25)26/h2-13H,1H3,(H,32,33);1-12,33H,13H2,(H,31,32);1-12,29H,(H,27,28)/b11-8+;2*10-7+. The summed E-state index contributed by atoms with van der Waals surface area (Å²) in [7, 11) is 0. The maximum Gasteiger partial charge on any atom is 0.417 e. The van der Waals surface area contributed by atoms with Crippen LogP contribution in [0, 0.1) is 5.82 Å². The van der Waals surface area contributed by atoms with Crippen LogP contribution in [0.25, 0.3) is 103 Å². The minimum atomic E-state index is -4.69. The quantitative estimate of drug-likeness (QED) is 0.0645. The molecule has 5 N–H and O–H groups in total. The molecule has 9 aromatic carbocycles. The number of phenols is 1. The minimum Gasteiger partial charge on any atom is -0.507 e. The number of Topliss-reactive ketones (excluding diaryl/α,β-unsaturated/α-hetero) is 1. The molecule has 3 heterocycles. The Kier molecular flexibility index (Phi) is 19.1. The summed E-state index contributed by atoms with van der Waals surface area (Å²) in [5, 5.41) is 19.5. The molecule has 0 amide bonds. The molecule has 0 unspecified atom stereocenters. The molecule has 0 bridgehead atoms. The number of benzene rings is 9. The highest BCUT2D eigenvalue weighted by Crippen LogP contribution is 2.43. The van der Waals surface area contributed by atoms with E-state index in [1.165, 1.54) is 116 Å². The third-order valence-corrected chi connectivity index (χ3v) is 14.8. The summed E-state index contributed by atoms with van der Waals surface area (Å²) in [4.78, 5) is 33.5. The Morgan fingerprint density at radius 2 is 0.740 bits per heavy atom. The number of para-hydroxylation sites is 1. The first kappa shape index (κ1) is 67.8. The van der Waals surface area contributed by atoms with Crippen LogP contribution in [0.5, 0.6) is 5.75 Å². The van der Waals surface area contributed by atoms with E-state index in [4.69, 9.17) is 0 Å². The van der Waals surface area contributed by atoms with Gasteiger partial charge in [0.05, 0.1) is 67.5 Å². The van der Waals surface area contributed by atoms with Crippen molar-refractivity contribution >= 4 is 75.3 Å². The van der Waals surface area contributed by atoms with Crippen LogP contribution in [-0.2, 0) is 37.5 Å². The molecule has 0 radical (unpaired) electrons. The number of carbonyl (C=O) groups excluding carboxylic acids is 1. The maximum absolute atomic E-state index is 14.5. The van der Waals surface area contributed by atoms with Gasteiger partial charge in [0.1, 0.15) is 29.0 Å². The Labute approximate surface area is 533 Å². The molecule has 0 atom stereocenters. The zero-order chi connectivity index (χ0) is 69.1. The summed E-state index contributed by atoms with van der Waals surface area (Å²) in [6.07, 6.45) is -13.5. The van der Waals surface area contributed by atoms with Gasteiger partial charge in [-0.05, 0) is 142 Å². The number of alkyl halides is 15. The summed E-state index contributed by atoms with van der Waals surface area (Å²) in [6, 6.07) is 39.6. The fourth-order valence-corrected chi connectivity index (χ4v) is 10.1. The number of hydrogen-bond acceptors (Lipinski definition) is 6. The number of halogens is 16. The average Bonchev–Trinajstić information content (AvgIpc) is 1.41. The molecule has 96 heavy (non-hydrogen) atoms. The van der Waals surface area contributed by atoms with E-state index in [1.54, 1.807) is 60.7 Å². The average molecular weight is 1340 g/mol. The van der Waals surface area contributed by atoms with Gasteiger partial charge in [0.15, 0.2) is 5.78 Å². The number of rotatable bonds is 11. The second kappa shape index (κ2) is 27.1. The van der Waals surface area contributed by atoms with Crippen molar-refractivity contribution in [3.63, 3.8) is 0 Å². The predicted molar refractivity (Wildman–Crippen MR) is 333 cm³/mol. The van der Waals surface area contributed by atoms with Gasteiger partial charge in [-0.3, -0.25) is 4.79 Å². The third-order valence-electron chi connectivity index (χ3n) is 14.8. The van der Waals surface area contributed by atoms with Gasteiger partial charge >= 0.3 is 30.9 Å². The lowest BCUT2D eigenvalue weighted by molar-refractivity contribution is -0.138. The van der Waals surface area contributed by atoms with E-state index < -0.39 is 71.1 Å². The van der Waals surface area contributed by atoms with E-state index in [-0.39, 0.29) is 78.6 Å². The SMILES string of the molecule is CC(=O)c1ccccc1-c1cc2nc(/C=C/c3ccc(C(F)(F)F)cc3)[nH]c2cc1C(F)(F)F.OCc1ccccc1-c1cc2nc(/C=C/c3ccc(C(F)(F)F)cc3)[nH]c2cc1C(F)(F)F.Oc1ccccc1-c1cc2nc(/C=C/c3ccc(C(F)(F)F)cc3)[nH]c2cc1F. The van der Waals surface area contributed by atoms with Crippen molar-refractivity contribution in [1.29, 1.82) is 0 Å². The normalized spacial score (nSPS) is 12.5. The van der Waals surface area contributed by atoms with Crippen molar-refractivity contribution in [2.24, 2.45) is 0 Å². The van der Waals surface area contributed by atoms with Gasteiger partial charge in [0.25, 0.3) is 0 Å². The summed E-state index contributed by atoms with van der Waals surface area (Å²) >= 11 is 0. The van der Waals surface area contributed by atoms with Gasteiger partial charge in [-0.25, -0.2) is 19.3 Å². The molecule has 0 aliphatic carbocycles. The first-order valence-corrected chi connectivity index (χ1v) is 28.4. The molecule has 12 rings (SSSR count). The van der Waals surface area contributed by atoms with Crippen molar-refractivity contribution in [3.05, 3.63) is 261 Å². The highest BCUT2D eigenvalue weighted by atomic mass is 19.4. The zero-order valence-corrected chi connectivity index (χ0v) is 49.2. The first-order chi connectivity index (χ1) is 45.3. The first-order valence-electron chi connectivity index (χ1n) is 28.4. The van der Waals surface area contributed by atoms with Gasteiger partial charge in [-0.2, -0.15) is 65.9 Å². The molecule has 9 nitrogen and oxygen atoms in total. The molecule has 25 heteroatoms. The van der Waals surface area contributed by atoms with Crippen LogP contribution in [0.2, 0.25) is 0 Å². The number of aliphatic hydroxyl groups is 1. The van der Waals surface area contributed by atoms with Crippen molar-refractivity contribution < 1.29 is 85.3 Å². The van der Waals surface area contributed by atoms with Gasteiger partial charge in [-0.1, -0.05) is 121 Å². The van der Waals surface area contributed by atoms with Crippen molar-refractivity contribution in [2.75, 3.05) is 0 Å². The highest BCUT2D eigenvalue weighted by Gasteiger charge is 2.37. The van der Waals surface area contributed by atoms with E-state index in [9.17, 15) is 85.3 Å². The molecule has 0 spiro atoms. The van der Waals surface area contributed by atoms with Crippen molar-refractivity contribution in [2.45, 2.75) is 44.4 Å². The molecule has 3 aromatic heterocycles. The lowest BCUT2D eigenvalue weighted by Gasteiger charge is -2.15. The molecule has 0 fully saturated rings. The second-order valence-electron chi connectivity index (χ2n) is 21.3. The number of aliphatic hydroxyl groups excluding tert-OH is 1. The van der Waals surface area contributed by atoms with Crippen LogP contribution in [0.3, 0.4) is 0 Å². The molecule has 0 aliphatic rings. The Bertz CT molecular complexity index is 4900. The number of aromatic hydroxyl groups is 1. The number of phenolic OH excluding ortho intramolecular Hbond substituents is 1. The van der Waals surface area contributed by atoms with Crippen LogP contribution in [-0.4, -0.2) is 45.9 Å². The second-order valence-corrected chi connectivity index (χ2v) is 21.3. The van der Waals surface area contributed by atoms with Crippen LogP contribution in [0.1, 0.15) is 84.8 Å². The minimum absolute atomic E-state index is 0.0382. The Morgan fingerprint density at radius 1 is 0.396 bits per heavy atom. The maximum atomic E-state index is 14.5. The van der Waals surface area contributed by atoms with Gasteiger partial charge in [0, 0.05) is 22.8 Å². The van der Waals surface area contributed by atoms with Crippen LogP contribution < -0.4 is 0 Å². The van der Waals surface area contributed by atoms with E-state index in [1.807, 2.05) is 0 Å². The molecule has 12 aromatic rings. The van der Waals surface area contributed by atoms with E-state index in [2.05, 4.69) is 29.9 Å². The van der Waals surface area contributed by atoms with Crippen LogP contribution in [0.4, 0.5) is 70.2 Å². The monoisotopic (exact) mass is 1330 g/mol. The number of aromatic nitrogens is 6. The number of aromatic amines is 3. The number of ketones is 1. The molecule has 0 saturated carbocycles. The number of nitrogens with one attached hydrogen (secondary N) is 3. The van der Waals surface area contributed by atoms with Crippen LogP contribution in [0.15, 0.2) is 182 Å². The predicted octanol–water partition coefficient (Wildman–Crippen LogP) is 20.8. The fourth-order valence-electron chi connectivity index (χ4n) is 10.1. The summed E-state index contributed by atoms with van der Waals surface area (Å²) < 4.78 is 212. The van der Waals surface area contributed by atoms with Gasteiger partial charge in [0.2, 0.25) is 0 Å².